The van der Waals surface area contributed by atoms with Crippen molar-refractivity contribution in [3.05, 3.63) is 23.5 Å². The summed E-state index contributed by atoms with van der Waals surface area (Å²) < 4.78 is 3.49. The summed E-state index contributed by atoms with van der Waals surface area (Å²) in [5.41, 5.74) is 6.20. The van der Waals surface area contributed by atoms with E-state index in [0.29, 0.717) is 23.6 Å². The van der Waals surface area contributed by atoms with E-state index in [4.69, 9.17) is 5.73 Å². The van der Waals surface area contributed by atoms with Crippen molar-refractivity contribution in [3.8, 4) is 0 Å². The maximum absolute atomic E-state index is 11.9. The Kier molecular flexibility index (Phi) is 4.10. The molecule has 24 heavy (non-hydrogen) atoms. The van der Waals surface area contributed by atoms with Gasteiger partial charge < -0.3 is 15.6 Å². The van der Waals surface area contributed by atoms with Gasteiger partial charge in [0.15, 0.2) is 18.6 Å². The van der Waals surface area contributed by atoms with Crippen LogP contribution >= 0.6 is 11.8 Å². The maximum atomic E-state index is 11.9. The van der Waals surface area contributed by atoms with E-state index in [-0.39, 0.29) is 17.6 Å². The van der Waals surface area contributed by atoms with Crippen molar-refractivity contribution in [2.45, 2.75) is 18.0 Å². The van der Waals surface area contributed by atoms with Crippen LogP contribution in [0.4, 0.5) is 5.82 Å². The van der Waals surface area contributed by atoms with Gasteiger partial charge in [-0.25, -0.2) is 0 Å². The highest BCUT2D eigenvalue weighted by molar-refractivity contribution is 8.00. The Labute approximate surface area is 142 Å². The van der Waals surface area contributed by atoms with E-state index < -0.39 is 17.9 Å². The van der Waals surface area contributed by atoms with E-state index in [9.17, 15) is 19.5 Å². The Bertz CT molecular complexity index is 758. The quantitative estimate of drug-likeness (QED) is 0.347. The van der Waals surface area contributed by atoms with E-state index in [2.05, 4.69) is 0 Å². The average molecular weight is 351 g/mol. The van der Waals surface area contributed by atoms with E-state index in [1.807, 2.05) is 0 Å². The second kappa shape index (κ2) is 5.95. The number of carboxylic acids is 1. The molecule has 0 aromatic carbocycles. The van der Waals surface area contributed by atoms with Gasteiger partial charge in [-0.05, 0) is 0 Å². The van der Waals surface area contributed by atoms with Crippen LogP contribution in [0.15, 0.2) is 23.5 Å². The largest absolute Gasteiger partial charge is 0.543 e. The molecule has 1 aromatic heterocycles. The number of hydrogen-bond acceptors (Lipinski definition) is 6. The van der Waals surface area contributed by atoms with Gasteiger partial charge in [-0.3, -0.25) is 19.4 Å². The molecule has 0 aliphatic carbocycles. The van der Waals surface area contributed by atoms with Crippen LogP contribution in [0.2, 0.25) is 0 Å². The molecule has 2 atom stereocenters. The summed E-state index contributed by atoms with van der Waals surface area (Å²) in [5.74, 6) is -0.676. The van der Waals surface area contributed by atoms with Gasteiger partial charge in [-0.1, -0.05) is 0 Å². The highest BCUT2D eigenvalue weighted by atomic mass is 32.2. The molecule has 128 valence electrons. The number of fused-ring (bicyclic) bond motifs is 1. The van der Waals surface area contributed by atoms with Gasteiger partial charge in [0.25, 0.3) is 0 Å². The third-order valence-corrected chi connectivity index (χ3v) is 5.63. The van der Waals surface area contributed by atoms with Gasteiger partial charge in [0.05, 0.1) is 24.8 Å². The summed E-state index contributed by atoms with van der Waals surface area (Å²) in [6.07, 6.45) is 2.43. The number of hydrogen-bond donors (Lipinski definition) is 1. The summed E-state index contributed by atoms with van der Waals surface area (Å²) in [5, 5.41) is 11.2. The van der Waals surface area contributed by atoms with Crippen LogP contribution in [0.25, 0.3) is 0 Å². The highest BCUT2D eigenvalue weighted by Crippen LogP contribution is 2.39. The molecule has 2 aliphatic heterocycles. The lowest BCUT2D eigenvalue weighted by atomic mass is 10.0. The van der Waals surface area contributed by atoms with Crippen LogP contribution in [-0.4, -0.2) is 52.1 Å². The molecule has 1 aromatic rings. The summed E-state index contributed by atoms with van der Waals surface area (Å²) in [7, 11) is 3.39. The Morgan fingerprint density at radius 3 is 2.96 bits per heavy atom. The van der Waals surface area contributed by atoms with E-state index in [1.165, 1.54) is 21.6 Å². The molecule has 2 N–H and O–H groups in total. The molecular weight excluding hydrogens is 334 g/mol. The normalized spacial score (nSPS) is 23.0. The topological polar surface area (TPSA) is 116 Å². The van der Waals surface area contributed by atoms with Crippen molar-refractivity contribution in [3.63, 3.8) is 0 Å². The van der Waals surface area contributed by atoms with Crippen LogP contribution in [0, 0.1) is 0 Å². The van der Waals surface area contributed by atoms with Crippen LogP contribution < -0.4 is 20.4 Å². The number of carboxylic acid groups (broad SMARTS) is 1. The Hall–Kier alpha value is -2.33. The molecule has 0 radical (unpaired) electrons. The van der Waals surface area contributed by atoms with E-state index >= 15 is 0 Å². The lowest BCUT2D eigenvalue weighted by molar-refractivity contribution is -0.765. The van der Waals surface area contributed by atoms with Crippen molar-refractivity contribution >= 4 is 35.9 Å². The summed E-state index contributed by atoms with van der Waals surface area (Å²) in [6.45, 7) is 0.269. The zero-order chi connectivity index (χ0) is 17.6. The number of amides is 2. The lowest BCUT2D eigenvalue weighted by Gasteiger charge is -2.49. The van der Waals surface area contributed by atoms with E-state index in [1.54, 1.807) is 35.7 Å². The minimum absolute atomic E-state index is 0.0931. The van der Waals surface area contributed by atoms with Crippen molar-refractivity contribution in [2.75, 3.05) is 17.7 Å². The molecule has 0 spiro atoms. The SMILES string of the molecule is CN(C=O)c1cc[n+](CC2=C(C(=O)[O-])N3C(=O)[C@@H](N)[C@H]3SC2)n1C. The third-order valence-electron chi connectivity index (χ3n) is 4.27. The highest BCUT2D eigenvalue weighted by Gasteiger charge is 2.50. The van der Waals surface area contributed by atoms with Gasteiger partial charge in [0.1, 0.15) is 11.4 Å². The summed E-state index contributed by atoms with van der Waals surface area (Å²) in [4.78, 5) is 37.0. The zero-order valence-electron chi connectivity index (χ0n) is 13.2. The minimum atomic E-state index is -1.38. The molecule has 1 fully saturated rings. The second-order valence-electron chi connectivity index (χ2n) is 5.69. The number of nitrogens with zero attached hydrogens (tertiary/aromatic N) is 4. The molecular formula is C14H17N5O4S. The maximum Gasteiger partial charge on any atom is 0.248 e. The monoisotopic (exact) mass is 351 g/mol. The number of thioether (sulfide) groups is 1. The van der Waals surface area contributed by atoms with Crippen LogP contribution in [0.5, 0.6) is 0 Å². The second-order valence-corrected chi connectivity index (χ2v) is 6.79. The predicted octanol–water partition coefficient (Wildman–Crippen LogP) is -2.85. The fraction of sp³-hybridized carbons (Fsp3) is 0.429. The summed E-state index contributed by atoms with van der Waals surface area (Å²) in [6, 6.07) is 1.08. The van der Waals surface area contributed by atoms with E-state index in [0.717, 1.165) is 0 Å². The van der Waals surface area contributed by atoms with Crippen molar-refractivity contribution < 1.29 is 24.2 Å². The van der Waals surface area contributed by atoms with Crippen molar-refractivity contribution in [1.29, 1.82) is 0 Å². The third kappa shape index (κ3) is 2.38. The summed E-state index contributed by atoms with van der Waals surface area (Å²) >= 11 is 1.44. The number of aromatic nitrogens is 2. The first-order valence-electron chi connectivity index (χ1n) is 7.24. The first-order chi connectivity index (χ1) is 11.4. The van der Waals surface area contributed by atoms with Crippen molar-refractivity contribution in [1.82, 2.24) is 9.58 Å². The van der Waals surface area contributed by atoms with Gasteiger partial charge in [0, 0.05) is 18.4 Å². The first-order valence-corrected chi connectivity index (χ1v) is 8.29. The Morgan fingerprint density at radius 2 is 2.33 bits per heavy atom. The number of rotatable bonds is 5. The minimum Gasteiger partial charge on any atom is -0.543 e. The molecule has 1 saturated heterocycles. The number of nitrogens with two attached hydrogens (primary N) is 1. The smallest absolute Gasteiger partial charge is 0.248 e. The molecule has 2 aliphatic rings. The molecule has 10 heteroatoms. The number of carbonyl (C=O) groups excluding carboxylic acids is 3. The Balaban J connectivity index is 1.93. The number of β-lactam (4-membered cyclic amide) rings is 1. The van der Waals surface area contributed by atoms with Gasteiger partial charge in [0.2, 0.25) is 12.3 Å². The molecule has 2 amide bonds. The molecule has 3 heterocycles. The molecule has 9 nitrogen and oxygen atoms in total. The van der Waals surface area contributed by atoms with Gasteiger partial charge >= 0.3 is 0 Å². The predicted molar refractivity (Wildman–Crippen MR) is 83.2 cm³/mol. The number of anilines is 1. The van der Waals surface area contributed by atoms with Crippen LogP contribution in [0.1, 0.15) is 0 Å². The van der Waals surface area contributed by atoms with Gasteiger partial charge in [-0.2, -0.15) is 0 Å². The molecule has 3 rings (SSSR count). The number of carbonyl (C=O) groups is 3. The first kappa shape index (κ1) is 16.5. The number of aliphatic carboxylic acids is 1. The fourth-order valence-electron chi connectivity index (χ4n) is 2.94. The van der Waals surface area contributed by atoms with Crippen LogP contribution in [-0.2, 0) is 28.0 Å². The lowest BCUT2D eigenvalue weighted by Crippen LogP contribution is -2.69. The Morgan fingerprint density at radius 1 is 1.62 bits per heavy atom. The molecule has 0 saturated carbocycles. The van der Waals surface area contributed by atoms with Crippen LogP contribution in [0.3, 0.4) is 0 Å². The van der Waals surface area contributed by atoms with Gasteiger partial charge in [-0.15, -0.1) is 21.1 Å². The standard InChI is InChI=1S/C14H17N5O4S/c1-16(7-20)9-3-4-18(17(9)2)5-8-6-24-13-10(15)12(21)19(13)11(8)14(22)23/h3-4,7,10,13H,5-6,15H2,1-2H3/t10-,13-/m1/s1. The average Bonchev–Trinajstić information content (AvgIpc) is 2.93. The molecule has 0 unspecified atom stereocenters. The molecule has 0 bridgehead atoms. The van der Waals surface area contributed by atoms with Crippen molar-refractivity contribution in [2.24, 2.45) is 12.8 Å². The fourth-order valence-corrected chi connectivity index (χ4v) is 4.22. The zero-order valence-corrected chi connectivity index (χ0v) is 14.0.